The molecular weight excluding hydrogens is 1670 g/mol. The van der Waals surface area contributed by atoms with E-state index >= 15 is 0 Å². The van der Waals surface area contributed by atoms with E-state index in [9.17, 15) is 0 Å². The molecule has 0 N–H and O–H groups in total. The van der Waals surface area contributed by atoms with Crippen molar-refractivity contribution in [1.82, 2.24) is 9.97 Å². The number of aryl methyl sites for hydroxylation is 6. The molecule has 0 atom stereocenters. The van der Waals surface area contributed by atoms with Crippen molar-refractivity contribution in [3.63, 3.8) is 0 Å². The van der Waals surface area contributed by atoms with Crippen LogP contribution >= 0.6 is 0 Å². The van der Waals surface area contributed by atoms with Gasteiger partial charge in [0.25, 0.3) is 0 Å². The van der Waals surface area contributed by atoms with Crippen molar-refractivity contribution in [3.05, 3.63) is 394 Å². The van der Waals surface area contributed by atoms with Crippen LogP contribution in [0.3, 0.4) is 0 Å². The third kappa shape index (κ3) is 19.6. The minimum Gasteiger partial charge on any atom is -0.305 e. The third-order valence-corrected chi connectivity index (χ3v) is 24.1. The Morgan fingerprint density at radius 2 is 0.870 bits per heavy atom. The third-order valence-electron chi connectivity index (χ3n) is 24.1. The Kier molecular flexibility index (Phi) is 27.0. The average molecular weight is 1790 g/mol. The Bertz CT molecular complexity index is 6670. The normalized spacial score (nSPS) is 12.0. The molecule has 0 spiro atoms. The van der Waals surface area contributed by atoms with Crippen LogP contribution in [0.25, 0.3) is 122 Å². The molecule has 0 amide bonds. The molecule has 0 bridgehead atoms. The predicted molar refractivity (Wildman–Crippen MR) is 509 cm³/mol. The Labute approximate surface area is 744 Å². The van der Waals surface area contributed by atoms with Gasteiger partial charge in [-0.15, -0.1) is 71.3 Å². The molecule has 4 aliphatic heterocycles. The summed E-state index contributed by atoms with van der Waals surface area (Å²) in [6, 6.07) is 107. The number of hydrogen-bond donors (Lipinski definition) is 0. The van der Waals surface area contributed by atoms with E-state index in [1.807, 2.05) is 48.8 Å². The van der Waals surface area contributed by atoms with Gasteiger partial charge in [0.15, 0.2) is 38.6 Å². The zero-order valence-electron chi connectivity index (χ0n) is 74.3. The molecule has 17 aromatic rings. The minimum absolute atomic E-state index is 0. The Morgan fingerprint density at radius 1 is 0.350 bits per heavy atom. The van der Waals surface area contributed by atoms with Crippen molar-refractivity contribution < 1.29 is 38.4 Å². The average Bonchev–Trinajstić information content (AvgIpc) is 1.61. The van der Waals surface area contributed by atoms with Crippen LogP contribution in [0.2, 0.25) is 0 Å². The predicted octanol–water partition coefficient (Wildman–Crippen LogP) is 26.7. The molecule has 0 saturated heterocycles. The summed E-state index contributed by atoms with van der Waals surface area (Å²) in [4.78, 5) is 8.91. The maximum Gasteiger partial charge on any atom is 0.221 e. The summed E-state index contributed by atoms with van der Waals surface area (Å²) in [5.74, 6) is 2.70. The summed E-state index contributed by atoms with van der Waals surface area (Å²) in [5, 5.41) is 8.02. The van der Waals surface area contributed by atoms with Crippen molar-refractivity contribution in [2.24, 2.45) is 23.7 Å². The van der Waals surface area contributed by atoms with Crippen LogP contribution < -0.4 is 18.3 Å². The monoisotopic (exact) mass is 1790 g/mol. The van der Waals surface area contributed by atoms with Gasteiger partial charge in [0.2, 0.25) is 33.8 Å². The van der Waals surface area contributed by atoms with E-state index in [0.29, 0.717) is 23.7 Å². The van der Waals surface area contributed by atoms with Gasteiger partial charge >= 0.3 is 0 Å². The smallest absolute Gasteiger partial charge is 0.221 e. The van der Waals surface area contributed by atoms with E-state index in [-0.39, 0.29) is 20.1 Å². The van der Waals surface area contributed by atoms with Gasteiger partial charge in [0.1, 0.15) is 0 Å². The Morgan fingerprint density at radius 3 is 1.47 bits per heavy atom. The van der Waals surface area contributed by atoms with Gasteiger partial charge in [-0.2, -0.15) is 18.3 Å². The fourth-order valence-corrected chi connectivity index (χ4v) is 18.7. The second kappa shape index (κ2) is 38.6. The first kappa shape index (κ1) is 86.0. The van der Waals surface area contributed by atoms with Gasteiger partial charge < -0.3 is 9.97 Å². The molecular formula is C116H116IrN6+2. The first-order chi connectivity index (χ1) is 59.2. The van der Waals surface area contributed by atoms with Gasteiger partial charge in [-0.25, -0.2) is 0 Å². The Hall–Kier alpha value is -12.0. The van der Waals surface area contributed by atoms with Gasteiger partial charge in [-0.3, -0.25) is 0 Å². The zero-order valence-corrected chi connectivity index (χ0v) is 76.7. The number of pyridine rings is 6. The number of hydrogen-bond acceptors (Lipinski definition) is 2. The number of nitrogens with zero attached hydrogens (tertiary/aromatic N) is 6. The molecule has 0 saturated carbocycles. The van der Waals surface area contributed by atoms with Crippen molar-refractivity contribution in [2.75, 3.05) is 0 Å². The zero-order chi connectivity index (χ0) is 84.7. The van der Waals surface area contributed by atoms with Gasteiger partial charge in [-0.1, -0.05) is 213 Å². The number of aromatic nitrogens is 6. The van der Waals surface area contributed by atoms with Crippen LogP contribution in [-0.4, -0.2) is 9.97 Å². The topological polar surface area (TPSA) is 41.3 Å². The van der Waals surface area contributed by atoms with Gasteiger partial charge in [-0.05, 0) is 230 Å². The number of fused-ring (bicyclic) bond motifs is 20. The molecule has 0 unspecified atom stereocenters. The first-order valence-electron chi connectivity index (χ1n) is 44.3. The summed E-state index contributed by atoms with van der Waals surface area (Å²) in [5.41, 5.74) is 40.3. The van der Waals surface area contributed by atoms with Crippen LogP contribution in [0.4, 0.5) is 0 Å². The summed E-state index contributed by atoms with van der Waals surface area (Å²) >= 11 is 0. The first-order valence-corrected chi connectivity index (χ1v) is 44.3. The maximum absolute atomic E-state index is 4.52. The summed E-state index contributed by atoms with van der Waals surface area (Å²) in [6.45, 7) is 35.4. The fraction of sp³-hybridized carbons (Fsp3) is 0.241. The van der Waals surface area contributed by atoms with Crippen LogP contribution in [0.1, 0.15) is 147 Å². The standard InChI is InChI=1S/C24H28N.C21H20N.2C19H18N.C18H16N.C15H16N.Ir/c1-16(2)11-18-13-20(12-17(3)4)22-15-25-23-8-6-5-7-19(23)9-10-24(25)21(22)14-18;1-16(2)13-17-11-12-22-21(14-17)20-10-6-9-19(15-20)18-7-4-3-5-8-18;1-12-4-5-15-6-7-20-11-18-14(3)8-13(2)10-17(18)19(20)16(15)9-12;1-2-5-14-8-9-16-13-20-18-7-4-3-6-15(18)10-11-19(20)17(16)12-14;1-12-9-13(2)17-11-19-8-7-14-5-3-4-6-15(14)18(19)16(17)10-12;1-12(2)10-13-8-9-16-15(11-13)14-6-4-3-5-7-14;/h5-10,13-14,16-17H,11-12,15H2,1-4H3;3-9,11-12,14-16H,13H2,1-2H3;4-10H,11H2,1-3H3;3-4,6-12H,2,5,13H2,1H3;3-10H,11H2,1-2H3;3-6,8-9,11-12H,10H2,1-2H3;/q+1;-1;3*+1;-1;. The Balaban J connectivity index is 0.000000115. The van der Waals surface area contributed by atoms with Crippen LogP contribution in [-0.2, 0) is 78.4 Å². The largest absolute Gasteiger partial charge is 0.305 e. The van der Waals surface area contributed by atoms with Crippen molar-refractivity contribution in [3.8, 4) is 78.7 Å². The van der Waals surface area contributed by atoms with Crippen molar-refractivity contribution in [1.29, 1.82) is 0 Å². The molecule has 21 rings (SSSR count). The fourth-order valence-electron chi connectivity index (χ4n) is 18.7. The molecule has 10 heterocycles. The van der Waals surface area contributed by atoms with Gasteiger partial charge in [0, 0.05) is 102 Å². The van der Waals surface area contributed by atoms with E-state index in [0.717, 1.165) is 68.0 Å². The summed E-state index contributed by atoms with van der Waals surface area (Å²) < 4.78 is 9.71. The molecule has 0 aliphatic carbocycles. The number of para-hydroxylation sites is 2. The van der Waals surface area contributed by atoms with E-state index < -0.39 is 0 Å². The van der Waals surface area contributed by atoms with Crippen molar-refractivity contribution >= 4 is 43.4 Å². The quantitative estimate of drug-likeness (QED) is 0.0853. The van der Waals surface area contributed by atoms with E-state index in [2.05, 4.69) is 392 Å². The SMILES string of the molecule is CC(C)Cc1cc(CC(C)C)c2c(c1)-c1ccc3ccccc3[n+]1C2.CC(C)Cc1ccnc(-c2[c-]ccc(-c3ccccc3)c2)c1.CC(C)Cc1ccnc(-c2[c-]cccc2)c1.CCCc1ccc2c(c1)-c1ccc3ccccc3[n+]1C2.Cc1cc(C)c2c(c1)-c1c3cc(C)ccc3cc[n+]1C2.Cc1cc(C)c2c(c1)-c1c3ccccc3cc[n+]1C2.[Ir]. The molecule has 11 aromatic carbocycles. The summed E-state index contributed by atoms with van der Waals surface area (Å²) in [6.07, 6.45) is 15.1. The second-order valence-corrected chi connectivity index (χ2v) is 35.9. The molecule has 123 heavy (non-hydrogen) atoms. The van der Waals surface area contributed by atoms with Crippen LogP contribution in [0.5, 0.6) is 0 Å². The van der Waals surface area contributed by atoms with Crippen LogP contribution in [0, 0.1) is 70.4 Å². The van der Waals surface area contributed by atoms with E-state index in [1.54, 1.807) is 5.56 Å². The molecule has 617 valence electrons. The summed E-state index contributed by atoms with van der Waals surface area (Å²) in [7, 11) is 0. The van der Waals surface area contributed by atoms with Crippen LogP contribution in [0.15, 0.2) is 304 Å². The molecule has 0 fully saturated rings. The van der Waals surface area contributed by atoms with Crippen molar-refractivity contribution in [2.45, 2.75) is 162 Å². The number of benzene rings is 11. The second-order valence-electron chi connectivity index (χ2n) is 35.9. The van der Waals surface area contributed by atoms with E-state index in [4.69, 9.17) is 0 Å². The number of rotatable bonds is 13. The molecule has 4 aliphatic rings. The minimum atomic E-state index is 0. The van der Waals surface area contributed by atoms with Gasteiger partial charge in [0.05, 0.1) is 33.0 Å². The molecule has 6 aromatic heterocycles. The molecule has 7 heteroatoms. The maximum atomic E-state index is 4.52. The molecule has 6 nitrogen and oxygen atoms in total. The van der Waals surface area contributed by atoms with E-state index in [1.165, 1.54) is 191 Å². The molecule has 1 radical (unpaired) electrons.